The smallest absolute Gasteiger partial charge is 0.238 e. The third kappa shape index (κ3) is 4.58. The van der Waals surface area contributed by atoms with Crippen molar-refractivity contribution in [1.82, 2.24) is 0 Å². The SMILES string of the molecule is CCCCCC(=O)Nc1ccc([C@H]2SCC(=O)N2c2cccc(C)c2C)cc1. The first-order valence-corrected chi connectivity index (χ1v) is 11.0. The highest BCUT2D eigenvalue weighted by atomic mass is 32.2. The Hall–Kier alpha value is -2.27. The zero-order valence-electron chi connectivity index (χ0n) is 16.8. The molecule has 0 aromatic heterocycles. The normalized spacial score (nSPS) is 16.5. The summed E-state index contributed by atoms with van der Waals surface area (Å²) in [7, 11) is 0. The van der Waals surface area contributed by atoms with Gasteiger partial charge < -0.3 is 5.32 Å². The molecule has 4 nitrogen and oxygen atoms in total. The summed E-state index contributed by atoms with van der Waals surface area (Å²) in [5, 5.41) is 2.92. The van der Waals surface area contributed by atoms with Crippen molar-refractivity contribution in [3.8, 4) is 0 Å². The van der Waals surface area contributed by atoms with Gasteiger partial charge in [-0.1, -0.05) is 44.0 Å². The highest BCUT2D eigenvalue weighted by molar-refractivity contribution is 8.00. The van der Waals surface area contributed by atoms with Gasteiger partial charge in [0.25, 0.3) is 0 Å². The lowest BCUT2D eigenvalue weighted by Crippen LogP contribution is -2.28. The molecule has 1 saturated heterocycles. The molecule has 0 saturated carbocycles. The van der Waals surface area contributed by atoms with Gasteiger partial charge in [-0.3, -0.25) is 14.5 Å². The lowest BCUT2D eigenvalue weighted by atomic mass is 10.1. The van der Waals surface area contributed by atoms with E-state index in [0.717, 1.165) is 41.8 Å². The van der Waals surface area contributed by atoms with Gasteiger partial charge in [0.2, 0.25) is 11.8 Å². The Labute approximate surface area is 171 Å². The fourth-order valence-corrected chi connectivity index (χ4v) is 4.59. The van der Waals surface area contributed by atoms with Crippen LogP contribution in [0.1, 0.15) is 54.7 Å². The number of hydrogen-bond donors (Lipinski definition) is 1. The van der Waals surface area contributed by atoms with Crippen molar-refractivity contribution < 1.29 is 9.59 Å². The Bertz CT molecular complexity index is 848. The Kier molecular flexibility index (Phi) is 6.79. The number of rotatable bonds is 7. The van der Waals surface area contributed by atoms with Crippen molar-refractivity contribution in [3.63, 3.8) is 0 Å². The van der Waals surface area contributed by atoms with Gasteiger partial charge >= 0.3 is 0 Å². The zero-order chi connectivity index (χ0) is 20.1. The minimum absolute atomic E-state index is 0.0395. The summed E-state index contributed by atoms with van der Waals surface area (Å²) < 4.78 is 0. The fourth-order valence-electron chi connectivity index (χ4n) is 3.42. The molecule has 3 rings (SSSR count). The number of thioether (sulfide) groups is 1. The Balaban J connectivity index is 1.74. The van der Waals surface area contributed by atoms with Crippen molar-refractivity contribution in [2.45, 2.75) is 51.8 Å². The molecule has 1 aliphatic heterocycles. The summed E-state index contributed by atoms with van der Waals surface area (Å²) in [6.45, 7) is 6.26. The average Bonchev–Trinajstić information content (AvgIpc) is 3.06. The number of anilines is 2. The molecule has 0 spiro atoms. The van der Waals surface area contributed by atoms with E-state index in [1.54, 1.807) is 11.8 Å². The molecule has 1 heterocycles. The molecule has 5 heteroatoms. The predicted octanol–water partition coefficient (Wildman–Crippen LogP) is 5.60. The summed E-state index contributed by atoms with van der Waals surface area (Å²) in [6, 6.07) is 14.0. The van der Waals surface area contributed by atoms with Crippen LogP contribution in [-0.2, 0) is 9.59 Å². The van der Waals surface area contributed by atoms with Crippen LogP contribution in [0, 0.1) is 13.8 Å². The van der Waals surface area contributed by atoms with E-state index < -0.39 is 0 Å². The zero-order valence-corrected chi connectivity index (χ0v) is 17.6. The second-order valence-corrected chi connectivity index (χ2v) is 8.34. The Morgan fingerprint density at radius 2 is 1.89 bits per heavy atom. The molecule has 2 amide bonds. The number of carbonyl (C=O) groups excluding carboxylic acids is 2. The Morgan fingerprint density at radius 3 is 2.61 bits per heavy atom. The fraction of sp³-hybridized carbons (Fsp3) is 0.391. The molecule has 1 N–H and O–H groups in total. The van der Waals surface area contributed by atoms with Crippen LogP contribution in [0.5, 0.6) is 0 Å². The van der Waals surface area contributed by atoms with Crippen LogP contribution in [0.15, 0.2) is 42.5 Å². The molecule has 1 aliphatic rings. The van der Waals surface area contributed by atoms with Crippen LogP contribution in [-0.4, -0.2) is 17.6 Å². The van der Waals surface area contributed by atoms with Crippen LogP contribution in [0.4, 0.5) is 11.4 Å². The van der Waals surface area contributed by atoms with Gasteiger partial charge in [-0.25, -0.2) is 0 Å². The monoisotopic (exact) mass is 396 g/mol. The lowest BCUT2D eigenvalue weighted by molar-refractivity contribution is -0.116. The number of amides is 2. The molecular weight excluding hydrogens is 368 g/mol. The summed E-state index contributed by atoms with van der Waals surface area (Å²) in [5.74, 6) is 0.675. The topological polar surface area (TPSA) is 49.4 Å². The molecule has 1 fully saturated rings. The minimum Gasteiger partial charge on any atom is -0.326 e. The largest absolute Gasteiger partial charge is 0.326 e. The van der Waals surface area contributed by atoms with Gasteiger partial charge in [-0.2, -0.15) is 0 Å². The molecule has 148 valence electrons. The van der Waals surface area contributed by atoms with Gasteiger partial charge in [0, 0.05) is 17.8 Å². The van der Waals surface area contributed by atoms with Crippen molar-refractivity contribution in [2.75, 3.05) is 16.0 Å². The molecular formula is C23H28N2O2S. The first-order chi connectivity index (χ1) is 13.5. The van der Waals surface area contributed by atoms with E-state index in [9.17, 15) is 9.59 Å². The average molecular weight is 397 g/mol. The highest BCUT2D eigenvalue weighted by Crippen LogP contribution is 2.43. The van der Waals surface area contributed by atoms with Crippen LogP contribution in [0.2, 0.25) is 0 Å². The van der Waals surface area contributed by atoms with Crippen molar-refractivity contribution in [3.05, 3.63) is 59.2 Å². The maximum Gasteiger partial charge on any atom is 0.238 e. The third-order valence-electron chi connectivity index (χ3n) is 5.19. The van der Waals surface area contributed by atoms with Crippen molar-refractivity contribution >= 4 is 35.0 Å². The van der Waals surface area contributed by atoms with E-state index in [4.69, 9.17) is 0 Å². The van der Waals surface area contributed by atoms with Crippen LogP contribution >= 0.6 is 11.8 Å². The molecule has 0 aliphatic carbocycles. The maximum atomic E-state index is 12.6. The van der Waals surface area contributed by atoms with Gasteiger partial charge in [0.15, 0.2) is 0 Å². The molecule has 2 aromatic rings. The molecule has 0 bridgehead atoms. The number of nitrogens with one attached hydrogen (secondary N) is 1. The summed E-state index contributed by atoms with van der Waals surface area (Å²) >= 11 is 1.64. The lowest BCUT2D eigenvalue weighted by Gasteiger charge is -2.26. The molecule has 0 radical (unpaired) electrons. The van der Waals surface area contributed by atoms with Gasteiger partial charge in [-0.05, 0) is 55.2 Å². The van der Waals surface area contributed by atoms with Crippen LogP contribution < -0.4 is 10.2 Å². The van der Waals surface area contributed by atoms with E-state index in [1.165, 1.54) is 5.56 Å². The van der Waals surface area contributed by atoms with Crippen LogP contribution in [0.3, 0.4) is 0 Å². The summed E-state index contributed by atoms with van der Waals surface area (Å²) in [6.07, 6.45) is 3.67. The first kappa shape index (κ1) is 20.5. The minimum atomic E-state index is -0.0395. The number of aryl methyl sites for hydroxylation is 1. The Morgan fingerprint density at radius 1 is 1.14 bits per heavy atom. The van der Waals surface area contributed by atoms with Gasteiger partial charge in [-0.15, -0.1) is 11.8 Å². The number of carbonyl (C=O) groups is 2. The predicted molar refractivity (Wildman–Crippen MR) is 118 cm³/mol. The van der Waals surface area contributed by atoms with E-state index in [1.807, 2.05) is 41.3 Å². The molecule has 0 unspecified atom stereocenters. The molecule has 2 aromatic carbocycles. The van der Waals surface area contributed by atoms with E-state index in [0.29, 0.717) is 12.2 Å². The number of hydrogen-bond acceptors (Lipinski definition) is 3. The van der Waals surface area contributed by atoms with Gasteiger partial charge in [0.1, 0.15) is 5.37 Å². The second-order valence-electron chi connectivity index (χ2n) is 7.27. The summed E-state index contributed by atoms with van der Waals surface area (Å²) in [5.41, 5.74) is 5.17. The number of nitrogens with zero attached hydrogens (tertiary/aromatic N) is 1. The molecule has 1 atom stereocenters. The number of benzene rings is 2. The van der Waals surface area contributed by atoms with Crippen molar-refractivity contribution in [1.29, 1.82) is 0 Å². The summed E-state index contributed by atoms with van der Waals surface area (Å²) in [4.78, 5) is 26.5. The van der Waals surface area contributed by atoms with Gasteiger partial charge in [0.05, 0.1) is 5.75 Å². The van der Waals surface area contributed by atoms with Crippen molar-refractivity contribution in [2.24, 2.45) is 0 Å². The third-order valence-corrected chi connectivity index (χ3v) is 6.40. The van der Waals surface area contributed by atoms with E-state index in [-0.39, 0.29) is 17.2 Å². The van der Waals surface area contributed by atoms with E-state index >= 15 is 0 Å². The second kappa shape index (κ2) is 9.28. The maximum absolute atomic E-state index is 12.6. The number of unbranched alkanes of at least 4 members (excludes halogenated alkanes) is 2. The standard InChI is InChI=1S/C23H28N2O2S/c1-4-5-6-10-21(26)24-19-13-11-18(12-14-19)23-25(22(27)15-28-23)20-9-7-8-16(2)17(20)3/h7-9,11-14,23H,4-6,10,15H2,1-3H3,(H,24,26)/t23-/m1/s1. The van der Waals surface area contributed by atoms with Crippen LogP contribution in [0.25, 0.3) is 0 Å². The molecule has 28 heavy (non-hydrogen) atoms. The van der Waals surface area contributed by atoms with E-state index in [2.05, 4.69) is 32.2 Å². The highest BCUT2D eigenvalue weighted by Gasteiger charge is 2.34. The first-order valence-electron chi connectivity index (χ1n) is 9.91. The quantitative estimate of drug-likeness (QED) is 0.620.